The molecule has 5 nitrogen and oxygen atoms in total. The average molecular weight is 418 g/mol. The molecular formula is C21H20ClNO4S. The highest BCUT2D eigenvalue weighted by molar-refractivity contribution is 7.17. The van der Waals surface area contributed by atoms with Crippen molar-refractivity contribution < 1.29 is 19.0 Å². The number of nitrogens with zero attached hydrogens (tertiary/aromatic N) is 1. The largest absolute Gasteiger partial charge is 0.493 e. The number of benzene rings is 1. The number of ether oxygens (including phenoxy) is 3. The van der Waals surface area contributed by atoms with Gasteiger partial charge in [-0.05, 0) is 36.8 Å². The Morgan fingerprint density at radius 1 is 1.36 bits per heavy atom. The smallest absolute Gasteiger partial charge is 0.348 e. The normalized spacial score (nSPS) is 27.0. The molecule has 146 valence electrons. The lowest BCUT2D eigenvalue weighted by Gasteiger charge is -2.42. The SMILES string of the molecule is COc1ccc2c3c1OC1C[C@@H](OC(=O)c4ccc(Cl)s4)C=C[C@@]31CCN2C. The van der Waals surface area contributed by atoms with Gasteiger partial charge < -0.3 is 19.1 Å². The molecule has 2 aliphatic heterocycles. The fourth-order valence-electron chi connectivity index (χ4n) is 4.57. The summed E-state index contributed by atoms with van der Waals surface area (Å²) in [6, 6.07) is 7.46. The van der Waals surface area contributed by atoms with Crippen LogP contribution in [-0.2, 0) is 10.2 Å². The third-order valence-corrected chi connectivity index (χ3v) is 7.19. The van der Waals surface area contributed by atoms with E-state index in [4.69, 9.17) is 25.8 Å². The van der Waals surface area contributed by atoms with Crippen molar-refractivity contribution in [2.75, 3.05) is 25.6 Å². The molecule has 3 aliphatic rings. The zero-order chi connectivity index (χ0) is 19.5. The van der Waals surface area contributed by atoms with Gasteiger partial charge in [-0.2, -0.15) is 0 Å². The van der Waals surface area contributed by atoms with Gasteiger partial charge in [0.05, 0.1) is 16.9 Å². The van der Waals surface area contributed by atoms with Gasteiger partial charge in [0.15, 0.2) is 11.5 Å². The molecule has 0 saturated carbocycles. The van der Waals surface area contributed by atoms with E-state index in [1.807, 2.05) is 12.1 Å². The standard InChI is InChI=1S/C21H20ClNO4S/c1-23-10-9-21-8-7-12(26-20(24)15-5-6-17(22)28-15)11-16(21)27-19-14(25-2)4-3-13(23)18(19)21/h3-8,12,16H,9-11H2,1-2H3/t12-,16?,21-/m0/s1. The van der Waals surface area contributed by atoms with E-state index in [9.17, 15) is 4.79 Å². The summed E-state index contributed by atoms with van der Waals surface area (Å²) >= 11 is 7.16. The summed E-state index contributed by atoms with van der Waals surface area (Å²) in [6.07, 6.45) is 5.36. The molecule has 5 rings (SSSR count). The minimum absolute atomic E-state index is 0.0824. The molecule has 28 heavy (non-hydrogen) atoms. The Morgan fingerprint density at radius 2 is 2.21 bits per heavy atom. The van der Waals surface area contributed by atoms with Crippen LogP contribution in [-0.4, -0.2) is 38.9 Å². The summed E-state index contributed by atoms with van der Waals surface area (Å²) in [7, 11) is 3.76. The van der Waals surface area contributed by atoms with Crippen LogP contribution < -0.4 is 14.4 Å². The highest BCUT2D eigenvalue weighted by Crippen LogP contribution is 2.58. The van der Waals surface area contributed by atoms with E-state index in [1.165, 1.54) is 22.6 Å². The Balaban J connectivity index is 1.46. The van der Waals surface area contributed by atoms with Gasteiger partial charge in [-0.15, -0.1) is 11.3 Å². The molecule has 1 aromatic carbocycles. The summed E-state index contributed by atoms with van der Waals surface area (Å²) in [6.45, 7) is 0.946. The molecule has 0 bridgehead atoms. The quantitative estimate of drug-likeness (QED) is 0.546. The van der Waals surface area contributed by atoms with Crippen molar-refractivity contribution in [2.45, 2.75) is 30.5 Å². The number of methoxy groups -OCH3 is 1. The van der Waals surface area contributed by atoms with E-state index in [2.05, 4.69) is 24.1 Å². The Kier molecular flexibility index (Phi) is 4.10. The minimum atomic E-state index is -0.348. The number of hydrogen-bond donors (Lipinski definition) is 0. The van der Waals surface area contributed by atoms with Gasteiger partial charge >= 0.3 is 5.97 Å². The first kappa shape index (κ1) is 17.9. The predicted octanol–water partition coefficient (Wildman–Crippen LogP) is 4.43. The molecule has 0 saturated heterocycles. The number of halogens is 1. The highest BCUT2D eigenvalue weighted by Gasteiger charge is 2.54. The van der Waals surface area contributed by atoms with Gasteiger partial charge in [0, 0.05) is 31.3 Å². The number of thiophene rings is 1. The number of esters is 1. The van der Waals surface area contributed by atoms with E-state index in [0.29, 0.717) is 15.6 Å². The summed E-state index contributed by atoms with van der Waals surface area (Å²) in [5.41, 5.74) is 2.18. The first-order chi connectivity index (χ1) is 13.5. The van der Waals surface area contributed by atoms with Crippen LogP contribution in [0.3, 0.4) is 0 Å². The van der Waals surface area contributed by atoms with Gasteiger partial charge in [-0.25, -0.2) is 4.79 Å². The van der Waals surface area contributed by atoms with Crippen molar-refractivity contribution >= 4 is 34.6 Å². The number of carbonyl (C=O) groups is 1. The lowest BCUT2D eigenvalue weighted by atomic mass is 9.67. The highest BCUT2D eigenvalue weighted by atomic mass is 35.5. The number of anilines is 1. The van der Waals surface area contributed by atoms with E-state index >= 15 is 0 Å². The molecule has 0 fully saturated rings. The lowest BCUT2D eigenvalue weighted by molar-refractivity contribution is 0.0226. The molecular weight excluding hydrogens is 398 g/mol. The third kappa shape index (κ3) is 2.54. The molecule has 7 heteroatoms. The molecule has 3 heterocycles. The van der Waals surface area contributed by atoms with Crippen molar-refractivity contribution in [3.8, 4) is 11.5 Å². The second kappa shape index (κ2) is 6.42. The summed E-state index contributed by atoms with van der Waals surface area (Å²) < 4.78 is 18.3. The van der Waals surface area contributed by atoms with Crippen LogP contribution in [0, 0.1) is 0 Å². The van der Waals surface area contributed by atoms with Crippen LogP contribution in [0.25, 0.3) is 0 Å². The molecule has 1 unspecified atom stereocenters. The molecule has 3 atom stereocenters. The van der Waals surface area contributed by atoms with E-state index in [0.717, 1.165) is 24.5 Å². The van der Waals surface area contributed by atoms with E-state index in [-0.39, 0.29) is 23.6 Å². The van der Waals surface area contributed by atoms with Gasteiger partial charge in [0.25, 0.3) is 0 Å². The predicted molar refractivity (Wildman–Crippen MR) is 109 cm³/mol. The van der Waals surface area contributed by atoms with Crippen molar-refractivity contribution in [1.29, 1.82) is 0 Å². The number of rotatable bonds is 3. The Hall–Kier alpha value is -2.18. The van der Waals surface area contributed by atoms with Crippen LogP contribution in [0.15, 0.2) is 36.4 Å². The second-order valence-electron chi connectivity index (χ2n) is 7.45. The van der Waals surface area contributed by atoms with Crippen LogP contribution in [0.5, 0.6) is 11.5 Å². The Morgan fingerprint density at radius 3 is 2.96 bits per heavy atom. The molecule has 1 aromatic heterocycles. The van der Waals surface area contributed by atoms with Gasteiger partial charge in [0.2, 0.25) is 0 Å². The monoisotopic (exact) mass is 417 g/mol. The number of hydrogen-bond acceptors (Lipinski definition) is 6. The molecule has 0 N–H and O–H groups in total. The molecule has 1 aliphatic carbocycles. The lowest BCUT2D eigenvalue weighted by Crippen LogP contribution is -2.47. The first-order valence-corrected chi connectivity index (χ1v) is 10.5. The van der Waals surface area contributed by atoms with Crippen molar-refractivity contribution in [3.05, 3.63) is 51.2 Å². The third-order valence-electron chi connectivity index (χ3n) is 5.98. The maximum absolute atomic E-state index is 12.4. The van der Waals surface area contributed by atoms with Crippen LogP contribution >= 0.6 is 22.9 Å². The van der Waals surface area contributed by atoms with Crippen LogP contribution in [0.4, 0.5) is 5.69 Å². The van der Waals surface area contributed by atoms with Gasteiger partial charge in [-0.3, -0.25) is 0 Å². The molecule has 2 aromatic rings. The Labute approximate surface area is 172 Å². The Bertz CT molecular complexity index is 987. The van der Waals surface area contributed by atoms with Crippen molar-refractivity contribution in [3.63, 3.8) is 0 Å². The fraction of sp³-hybridized carbons (Fsp3) is 0.381. The minimum Gasteiger partial charge on any atom is -0.493 e. The molecule has 0 radical (unpaired) electrons. The van der Waals surface area contributed by atoms with E-state index in [1.54, 1.807) is 19.2 Å². The van der Waals surface area contributed by atoms with Gasteiger partial charge in [0.1, 0.15) is 17.1 Å². The fourth-order valence-corrected chi connectivity index (χ4v) is 5.50. The van der Waals surface area contributed by atoms with Crippen molar-refractivity contribution in [1.82, 2.24) is 0 Å². The second-order valence-corrected chi connectivity index (χ2v) is 9.17. The van der Waals surface area contributed by atoms with Crippen LogP contribution in [0.2, 0.25) is 4.34 Å². The van der Waals surface area contributed by atoms with E-state index < -0.39 is 0 Å². The van der Waals surface area contributed by atoms with Gasteiger partial charge in [-0.1, -0.05) is 17.7 Å². The zero-order valence-electron chi connectivity index (χ0n) is 15.6. The summed E-state index contributed by atoms with van der Waals surface area (Å²) in [4.78, 5) is 15.2. The molecule has 0 amide bonds. The average Bonchev–Trinajstić information content (AvgIpc) is 3.27. The summed E-state index contributed by atoms with van der Waals surface area (Å²) in [5.74, 6) is 1.22. The van der Waals surface area contributed by atoms with Crippen LogP contribution in [0.1, 0.15) is 28.1 Å². The maximum Gasteiger partial charge on any atom is 0.348 e. The maximum atomic E-state index is 12.4. The first-order valence-electron chi connectivity index (χ1n) is 9.27. The zero-order valence-corrected chi connectivity index (χ0v) is 17.2. The molecule has 1 spiro atoms. The van der Waals surface area contributed by atoms with Crippen molar-refractivity contribution in [2.24, 2.45) is 0 Å². The number of carbonyl (C=O) groups excluding carboxylic acids is 1. The topological polar surface area (TPSA) is 48.0 Å². The summed E-state index contributed by atoms with van der Waals surface area (Å²) in [5, 5.41) is 0.